The van der Waals surface area contributed by atoms with Gasteiger partial charge in [0.1, 0.15) is 0 Å². The molecular weight excluding hydrogens is 206 g/mol. The smallest absolute Gasteiger partial charge is 0.295 e. The van der Waals surface area contributed by atoms with Crippen LogP contribution in [0.1, 0.15) is 42.7 Å². The van der Waals surface area contributed by atoms with Crippen LogP contribution in [0.4, 0.5) is 0 Å². The van der Waals surface area contributed by atoms with Crippen molar-refractivity contribution in [2.45, 2.75) is 38.1 Å². The molecule has 1 saturated carbocycles. The van der Waals surface area contributed by atoms with E-state index in [2.05, 4.69) is 20.6 Å². The molecule has 1 aromatic heterocycles. The molecule has 2 atom stereocenters. The lowest BCUT2D eigenvalue weighted by atomic mass is 9.92. The molecule has 2 unspecified atom stereocenters. The standard InChI is InChI=1S/C10H15N5O/c16-10(9-11-13-14-12-9)15-6-2-4-7-3-1-5-8(7)15/h7-8H,1-6H2,(H,11,12,13,14). The zero-order valence-electron chi connectivity index (χ0n) is 9.09. The maximum Gasteiger partial charge on any atom is 0.295 e. The lowest BCUT2D eigenvalue weighted by Crippen LogP contribution is -2.46. The molecule has 2 fully saturated rings. The van der Waals surface area contributed by atoms with Crippen molar-refractivity contribution in [1.29, 1.82) is 0 Å². The topological polar surface area (TPSA) is 74.8 Å². The first kappa shape index (κ1) is 9.74. The molecule has 2 heterocycles. The van der Waals surface area contributed by atoms with Gasteiger partial charge in [0.2, 0.25) is 0 Å². The second-order valence-electron chi connectivity index (χ2n) is 4.63. The summed E-state index contributed by atoms with van der Waals surface area (Å²) in [5, 5.41) is 13.3. The van der Waals surface area contributed by atoms with E-state index in [1.165, 1.54) is 19.3 Å². The summed E-state index contributed by atoms with van der Waals surface area (Å²) in [5.41, 5.74) is 0. The van der Waals surface area contributed by atoms with Crippen molar-refractivity contribution in [3.05, 3.63) is 5.82 Å². The third-order valence-corrected chi connectivity index (χ3v) is 3.79. The average molecular weight is 221 g/mol. The predicted octanol–water partition coefficient (Wildman–Crippen LogP) is 0.604. The van der Waals surface area contributed by atoms with E-state index in [0.29, 0.717) is 12.0 Å². The Balaban J connectivity index is 1.80. The zero-order valence-corrected chi connectivity index (χ0v) is 9.09. The minimum absolute atomic E-state index is 0.0645. The van der Waals surface area contributed by atoms with Crippen LogP contribution >= 0.6 is 0 Å². The van der Waals surface area contributed by atoms with Crippen molar-refractivity contribution in [2.24, 2.45) is 5.92 Å². The number of carbonyl (C=O) groups excluding carboxylic acids is 1. The van der Waals surface area contributed by atoms with Gasteiger partial charge in [-0.25, -0.2) is 0 Å². The highest BCUT2D eigenvalue weighted by molar-refractivity contribution is 5.90. The molecule has 1 amide bonds. The SMILES string of the molecule is O=C(c1nn[nH]n1)N1CCCC2CCCC21. The minimum Gasteiger partial charge on any atom is -0.333 e. The van der Waals surface area contributed by atoms with Crippen LogP contribution in [0.2, 0.25) is 0 Å². The number of nitrogens with zero attached hydrogens (tertiary/aromatic N) is 4. The Labute approximate surface area is 93.4 Å². The number of aromatic nitrogens is 4. The third kappa shape index (κ3) is 1.48. The molecule has 2 aliphatic rings. The Kier molecular flexibility index (Phi) is 2.34. The first-order valence-electron chi connectivity index (χ1n) is 5.90. The fraction of sp³-hybridized carbons (Fsp3) is 0.800. The molecule has 1 N–H and O–H groups in total. The Bertz CT molecular complexity index is 377. The number of carbonyl (C=O) groups is 1. The number of fused-ring (bicyclic) bond motifs is 1. The molecule has 16 heavy (non-hydrogen) atoms. The second-order valence-corrected chi connectivity index (χ2v) is 4.63. The summed E-state index contributed by atoms with van der Waals surface area (Å²) in [6, 6.07) is 0.416. The molecule has 0 spiro atoms. The molecule has 1 aromatic rings. The van der Waals surface area contributed by atoms with Crippen LogP contribution in [0.5, 0.6) is 0 Å². The molecule has 6 nitrogen and oxygen atoms in total. The van der Waals surface area contributed by atoms with E-state index in [0.717, 1.165) is 19.4 Å². The van der Waals surface area contributed by atoms with Gasteiger partial charge >= 0.3 is 0 Å². The van der Waals surface area contributed by atoms with Crippen molar-refractivity contribution in [2.75, 3.05) is 6.54 Å². The maximum atomic E-state index is 12.1. The van der Waals surface area contributed by atoms with Crippen molar-refractivity contribution >= 4 is 5.91 Å². The van der Waals surface area contributed by atoms with Crippen LogP contribution in [0.25, 0.3) is 0 Å². The van der Waals surface area contributed by atoms with Gasteiger partial charge < -0.3 is 4.90 Å². The summed E-state index contributed by atoms with van der Waals surface area (Å²) >= 11 is 0. The number of rotatable bonds is 1. The summed E-state index contributed by atoms with van der Waals surface area (Å²) in [4.78, 5) is 14.1. The number of hydrogen-bond acceptors (Lipinski definition) is 4. The average Bonchev–Trinajstić information content (AvgIpc) is 2.98. The van der Waals surface area contributed by atoms with Crippen LogP contribution in [0.3, 0.4) is 0 Å². The Morgan fingerprint density at radius 2 is 2.19 bits per heavy atom. The fourth-order valence-corrected chi connectivity index (χ4v) is 3.09. The number of likely N-dealkylation sites (tertiary alicyclic amines) is 1. The summed E-state index contributed by atoms with van der Waals surface area (Å²) in [6.07, 6.45) is 6.01. The largest absolute Gasteiger partial charge is 0.333 e. The van der Waals surface area contributed by atoms with E-state index in [4.69, 9.17) is 0 Å². The number of aromatic amines is 1. The number of amides is 1. The second kappa shape index (κ2) is 3.84. The number of hydrogen-bond donors (Lipinski definition) is 1. The Morgan fingerprint density at radius 3 is 3.00 bits per heavy atom. The molecule has 0 aromatic carbocycles. The fourth-order valence-electron chi connectivity index (χ4n) is 3.09. The minimum atomic E-state index is -0.0645. The van der Waals surface area contributed by atoms with Gasteiger partial charge in [-0.1, -0.05) is 6.42 Å². The highest BCUT2D eigenvalue weighted by Gasteiger charge is 2.38. The molecule has 0 bridgehead atoms. The van der Waals surface area contributed by atoms with Gasteiger partial charge in [0.25, 0.3) is 11.7 Å². The van der Waals surface area contributed by atoms with E-state index < -0.39 is 0 Å². The summed E-state index contributed by atoms with van der Waals surface area (Å²) in [6.45, 7) is 0.842. The van der Waals surface area contributed by atoms with Crippen LogP contribution in [0.15, 0.2) is 0 Å². The number of H-pyrrole nitrogens is 1. The summed E-state index contributed by atoms with van der Waals surface area (Å²) in [7, 11) is 0. The van der Waals surface area contributed by atoms with E-state index in [1.54, 1.807) is 0 Å². The van der Waals surface area contributed by atoms with Crippen molar-refractivity contribution in [3.63, 3.8) is 0 Å². The zero-order chi connectivity index (χ0) is 11.0. The van der Waals surface area contributed by atoms with Crippen LogP contribution in [-0.2, 0) is 0 Å². The van der Waals surface area contributed by atoms with Gasteiger partial charge in [-0.3, -0.25) is 4.79 Å². The maximum absolute atomic E-state index is 12.1. The van der Waals surface area contributed by atoms with Gasteiger partial charge in [-0.05, 0) is 36.8 Å². The van der Waals surface area contributed by atoms with Crippen LogP contribution < -0.4 is 0 Å². The molecule has 6 heteroatoms. The molecule has 1 saturated heterocycles. The van der Waals surface area contributed by atoms with Gasteiger partial charge in [-0.2, -0.15) is 5.21 Å². The highest BCUT2D eigenvalue weighted by atomic mass is 16.2. The Morgan fingerprint density at radius 1 is 1.31 bits per heavy atom. The van der Waals surface area contributed by atoms with Crippen LogP contribution in [-0.4, -0.2) is 44.0 Å². The highest BCUT2D eigenvalue weighted by Crippen LogP contribution is 2.37. The molecular formula is C10H15N5O. The first-order chi connectivity index (χ1) is 7.86. The molecule has 1 aliphatic heterocycles. The number of nitrogens with one attached hydrogen (secondary N) is 1. The summed E-state index contributed by atoms with van der Waals surface area (Å²) in [5.74, 6) is 0.836. The molecule has 1 aliphatic carbocycles. The van der Waals surface area contributed by atoms with Gasteiger partial charge in [0.05, 0.1) is 0 Å². The predicted molar refractivity (Wildman–Crippen MR) is 55.6 cm³/mol. The molecule has 0 radical (unpaired) electrons. The van der Waals surface area contributed by atoms with Crippen molar-refractivity contribution in [1.82, 2.24) is 25.5 Å². The van der Waals surface area contributed by atoms with E-state index >= 15 is 0 Å². The monoisotopic (exact) mass is 221 g/mol. The lowest BCUT2D eigenvalue weighted by molar-refractivity contribution is 0.0536. The number of tetrazole rings is 1. The van der Waals surface area contributed by atoms with E-state index in [1.807, 2.05) is 4.90 Å². The van der Waals surface area contributed by atoms with Gasteiger partial charge in [0, 0.05) is 12.6 Å². The van der Waals surface area contributed by atoms with Crippen molar-refractivity contribution < 1.29 is 4.79 Å². The Hall–Kier alpha value is -1.46. The van der Waals surface area contributed by atoms with E-state index in [9.17, 15) is 4.79 Å². The van der Waals surface area contributed by atoms with Crippen molar-refractivity contribution in [3.8, 4) is 0 Å². The van der Waals surface area contributed by atoms with E-state index in [-0.39, 0.29) is 11.7 Å². The normalized spacial score (nSPS) is 29.1. The lowest BCUT2D eigenvalue weighted by Gasteiger charge is -2.36. The molecule has 3 rings (SSSR count). The first-order valence-corrected chi connectivity index (χ1v) is 5.90. The van der Waals surface area contributed by atoms with Crippen LogP contribution in [0, 0.1) is 5.92 Å². The van der Waals surface area contributed by atoms with Gasteiger partial charge in [-0.15, -0.1) is 10.2 Å². The number of piperidine rings is 1. The molecule has 86 valence electrons. The summed E-state index contributed by atoms with van der Waals surface area (Å²) < 4.78 is 0. The quantitative estimate of drug-likeness (QED) is 0.753. The third-order valence-electron chi connectivity index (χ3n) is 3.79. The van der Waals surface area contributed by atoms with Gasteiger partial charge in [0.15, 0.2) is 0 Å².